The van der Waals surface area contributed by atoms with Gasteiger partial charge in [0.1, 0.15) is 5.75 Å². The summed E-state index contributed by atoms with van der Waals surface area (Å²) in [7, 11) is 2.20. The molecule has 1 N–H and O–H groups in total. The van der Waals surface area contributed by atoms with Gasteiger partial charge in [-0.1, -0.05) is 34.1 Å². The van der Waals surface area contributed by atoms with Crippen LogP contribution in [0.3, 0.4) is 0 Å². The van der Waals surface area contributed by atoms with Crippen LogP contribution < -0.4 is 0 Å². The van der Waals surface area contributed by atoms with Crippen molar-refractivity contribution in [3.63, 3.8) is 0 Å². The number of fused-ring (bicyclic) bond motifs is 2. The van der Waals surface area contributed by atoms with Gasteiger partial charge in [-0.2, -0.15) is 0 Å². The first-order valence-electron chi connectivity index (χ1n) is 6.99. The molecule has 2 aromatic rings. The van der Waals surface area contributed by atoms with Crippen LogP contribution >= 0.6 is 15.9 Å². The van der Waals surface area contributed by atoms with Crippen LogP contribution in [0.25, 0.3) is 11.1 Å². The van der Waals surface area contributed by atoms with Gasteiger partial charge in [0.15, 0.2) is 0 Å². The Kier molecular flexibility index (Phi) is 2.69. The van der Waals surface area contributed by atoms with Crippen molar-refractivity contribution in [1.82, 2.24) is 4.90 Å². The summed E-state index contributed by atoms with van der Waals surface area (Å²) >= 11 is 3.49. The zero-order valence-electron chi connectivity index (χ0n) is 11.4. The molecule has 2 aliphatic rings. The van der Waals surface area contributed by atoms with Crippen LogP contribution in [0.15, 0.2) is 34.8 Å². The van der Waals surface area contributed by atoms with E-state index in [1.165, 1.54) is 22.3 Å². The van der Waals surface area contributed by atoms with E-state index in [1.54, 1.807) is 6.07 Å². The summed E-state index contributed by atoms with van der Waals surface area (Å²) in [4.78, 5) is 2.44. The summed E-state index contributed by atoms with van der Waals surface area (Å²) in [5.74, 6) is 0.384. The maximum atomic E-state index is 10.4. The highest BCUT2D eigenvalue weighted by molar-refractivity contribution is 9.10. The lowest BCUT2D eigenvalue weighted by Crippen LogP contribution is -2.35. The van der Waals surface area contributed by atoms with E-state index in [4.69, 9.17) is 0 Å². The molecule has 2 aromatic carbocycles. The molecule has 2 nitrogen and oxygen atoms in total. The quantitative estimate of drug-likeness (QED) is 0.792. The van der Waals surface area contributed by atoms with Gasteiger partial charge in [0.25, 0.3) is 0 Å². The summed E-state index contributed by atoms with van der Waals surface area (Å²) in [6.45, 7) is 1.11. The maximum absolute atomic E-state index is 10.4. The van der Waals surface area contributed by atoms with Crippen LogP contribution in [0.4, 0.5) is 0 Å². The Morgan fingerprint density at radius 3 is 2.95 bits per heavy atom. The maximum Gasteiger partial charge on any atom is 0.124 e. The van der Waals surface area contributed by atoms with Crippen LogP contribution in [-0.4, -0.2) is 23.6 Å². The molecule has 20 heavy (non-hydrogen) atoms. The molecule has 0 fully saturated rings. The lowest BCUT2D eigenvalue weighted by atomic mass is 9.77. The Hall–Kier alpha value is -1.32. The molecule has 0 saturated heterocycles. The van der Waals surface area contributed by atoms with E-state index >= 15 is 0 Å². The van der Waals surface area contributed by atoms with Gasteiger partial charge < -0.3 is 5.11 Å². The van der Waals surface area contributed by atoms with Crippen LogP contribution in [0, 0.1) is 0 Å². The number of rotatable bonds is 0. The van der Waals surface area contributed by atoms with Crippen molar-refractivity contribution in [3.8, 4) is 16.9 Å². The summed E-state index contributed by atoms with van der Waals surface area (Å²) in [6.07, 6.45) is 2.08. The topological polar surface area (TPSA) is 23.5 Å². The van der Waals surface area contributed by atoms with Gasteiger partial charge in [-0.05, 0) is 54.3 Å². The molecule has 0 aromatic heterocycles. The molecule has 1 atom stereocenters. The fraction of sp³-hybridized carbons (Fsp3) is 0.294. The molecule has 0 radical (unpaired) electrons. The highest BCUT2D eigenvalue weighted by Crippen LogP contribution is 2.48. The number of nitrogens with zero attached hydrogens (tertiary/aromatic N) is 1. The number of aromatic hydroxyl groups is 1. The van der Waals surface area contributed by atoms with Crippen LogP contribution in [-0.2, 0) is 12.8 Å². The van der Waals surface area contributed by atoms with E-state index in [2.05, 4.69) is 52.1 Å². The standard InChI is InChI=1S/C17H16BrNO/c1-19-6-5-10-3-2-4-13-16(10)14(19)8-11-7-12(18)9-15(20)17(11)13/h2-4,7,9,14,20H,5-6,8H2,1H3/t14-/m1/s1. The largest absolute Gasteiger partial charge is 0.507 e. The molecule has 0 amide bonds. The molecular formula is C17H16BrNO. The van der Waals surface area contributed by atoms with Crippen molar-refractivity contribution in [2.75, 3.05) is 13.6 Å². The number of benzene rings is 2. The third kappa shape index (κ3) is 1.66. The molecule has 0 saturated carbocycles. The van der Waals surface area contributed by atoms with Gasteiger partial charge in [0.2, 0.25) is 0 Å². The van der Waals surface area contributed by atoms with E-state index in [1.807, 2.05) is 0 Å². The minimum Gasteiger partial charge on any atom is -0.507 e. The van der Waals surface area contributed by atoms with E-state index in [0.29, 0.717) is 11.8 Å². The minimum atomic E-state index is 0.384. The van der Waals surface area contributed by atoms with Crippen LogP contribution in [0.5, 0.6) is 5.75 Å². The molecule has 1 aliphatic heterocycles. The molecule has 4 rings (SSSR count). The number of phenolic OH excluding ortho intramolecular Hbond substituents is 1. The van der Waals surface area contributed by atoms with Gasteiger partial charge in [-0.25, -0.2) is 0 Å². The fourth-order valence-corrected chi connectivity index (χ4v) is 4.19. The van der Waals surface area contributed by atoms with E-state index in [9.17, 15) is 5.11 Å². The predicted octanol–water partition coefficient (Wildman–Crippen LogP) is 3.91. The van der Waals surface area contributed by atoms with Crippen molar-refractivity contribution >= 4 is 15.9 Å². The van der Waals surface area contributed by atoms with Crippen molar-refractivity contribution in [1.29, 1.82) is 0 Å². The second kappa shape index (κ2) is 4.34. The number of halogens is 1. The van der Waals surface area contributed by atoms with Crippen molar-refractivity contribution in [2.24, 2.45) is 0 Å². The number of phenols is 1. The summed E-state index contributed by atoms with van der Waals surface area (Å²) < 4.78 is 0.951. The molecule has 0 unspecified atom stereocenters. The van der Waals surface area contributed by atoms with Gasteiger partial charge >= 0.3 is 0 Å². The zero-order chi connectivity index (χ0) is 13.9. The fourth-order valence-electron chi connectivity index (χ4n) is 3.70. The molecule has 0 bridgehead atoms. The Labute approximate surface area is 127 Å². The molecular weight excluding hydrogens is 314 g/mol. The normalized spacial score (nSPS) is 20.4. The van der Waals surface area contributed by atoms with Gasteiger partial charge in [0.05, 0.1) is 0 Å². The first-order chi connectivity index (χ1) is 9.65. The first-order valence-corrected chi connectivity index (χ1v) is 7.78. The first kappa shape index (κ1) is 12.4. The van der Waals surface area contributed by atoms with E-state index in [0.717, 1.165) is 29.4 Å². The molecule has 1 aliphatic carbocycles. The van der Waals surface area contributed by atoms with Crippen LogP contribution in [0.2, 0.25) is 0 Å². The number of hydrogen-bond donors (Lipinski definition) is 1. The Morgan fingerprint density at radius 1 is 1.25 bits per heavy atom. The summed E-state index contributed by atoms with van der Waals surface area (Å²) in [6, 6.07) is 10.9. The third-order valence-electron chi connectivity index (χ3n) is 4.64. The molecule has 1 heterocycles. The van der Waals surface area contributed by atoms with Crippen LogP contribution in [0.1, 0.15) is 22.7 Å². The Bertz CT molecular complexity index is 710. The SMILES string of the molecule is CN1CCc2cccc3c2[C@H]1Cc1cc(Br)cc(O)c1-3. The highest BCUT2D eigenvalue weighted by atomic mass is 79.9. The molecule has 0 spiro atoms. The second-order valence-corrected chi connectivity index (χ2v) is 6.70. The van der Waals surface area contributed by atoms with Gasteiger partial charge in [-0.3, -0.25) is 4.90 Å². The summed E-state index contributed by atoms with van der Waals surface area (Å²) in [5.41, 5.74) is 6.34. The smallest absolute Gasteiger partial charge is 0.124 e. The Morgan fingerprint density at radius 2 is 2.10 bits per heavy atom. The molecule has 3 heteroatoms. The monoisotopic (exact) mass is 329 g/mol. The Balaban J connectivity index is 2.04. The third-order valence-corrected chi connectivity index (χ3v) is 5.10. The van der Waals surface area contributed by atoms with Crippen molar-refractivity contribution in [2.45, 2.75) is 18.9 Å². The zero-order valence-corrected chi connectivity index (χ0v) is 12.9. The average molecular weight is 330 g/mol. The van der Waals surface area contributed by atoms with Crippen molar-refractivity contribution in [3.05, 3.63) is 51.5 Å². The number of hydrogen-bond acceptors (Lipinski definition) is 2. The van der Waals surface area contributed by atoms with E-state index in [-0.39, 0.29) is 0 Å². The van der Waals surface area contributed by atoms with Crippen molar-refractivity contribution < 1.29 is 5.11 Å². The average Bonchev–Trinajstić information content (AvgIpc) is 2.42. The molecule has 102 valence electrons. The predicted molar refractivity (Wildman–Crippen MR) is 84.0 cm³/mol. The minimum absolute atomic E-state index is 0.384. The lowest BCUT2D eigenvalue weighted by Gasteiger charge is -2.39. The number of likely N-dealkylation sites (N-methyl/N-ethyl adjacent to an activating group) is 1. The van der Waals surface area contributed by atoms with Gasteiger partial charge in [-0.15, -0.1) is 0 Å². The summed E-state index contributed by atoms with van der Waals surface area (Å²) in [5, 5.41) is 10.4. The highest BCUT2D eigenvalue weighted by Gasteiger charge is 2.33. The lowest BCUT2D eigenvalue weighted by molar-refractivity contribution is 0.228. The second-order valence-electron chi connectivity index (χ2n) is 5.79. The van der Waals surface area contributed by atoms with E-state index < -0.39 is 0 Å². The van der Waals surface area contributed by atoms with Gasteiger partial charge in [0, 0.05) is 22.6 Å².